The van der Waals surface area contributed by atoms with Gasteiger partial charge in [0.1, 0.15) is 11.4 Å². The molecule has 6 rings (SSSR count). The van der Waals surface area contributed by atoms with E-state index in [0.717, 1.165) is 44.3 Å². The summed E-state index contributed by atoms with van der Waals surface area (Å²) in [6.45, 7) is 4.14. The quantitative estimate of drug-likeness (QED) is 0.514. The van der Waals surface area contributed by atoms with E-state index in [1.165, 1.54) is 27.5 Å². The first-order valence-electron chi connectivity index (χ1n) is 13.1. The second kappa shape index (κ2) is 8.10. The minimum absolute atomic E-state index is 0.225. The lowest BCUT2D eigenvalue weighted by molar-refractivity contribution is -0.114. The Morgan fingerprint density at radius 3 is 2.66 bits per heavy atom. The highest BCUT2D eigenvalue weighted by molar-refractivity contribution is 5.93. The van der Waals surface area contributed by atoms with Gasteiger partial charge in [0.05, 0.1) is 7.11 Å². The van der Waals surface area contributed by atoms with E-state index in [2.05, 4.69) is 49.1 Å². The zero-order valence-electron chi connectivity index (χ0n) is 21.0. The third-order valence-corrected chi connectivity index (χ3v) is 9.69. The smallest absolute Gasteiger partial charge is 0.156 e. The van der Waals surface area contributed by atoms with Crippen molar-refractivity contribution >= 4 is 16.6 Å². The molecule has 2 fully saturated rings. The van der Waals surface area contributed by atoms with Crippen molar-refractivity contribution < 1.29 is 14.6 Å². The molecule has 0 aromatic heterocycles. The van der Waals surface area contributed by atoms with Gasteiger partial charge in [-0.05, 0) is 103 Å². The van der Waals surface area contributed by atoms with Crippen LogP contribution in [0.2, 0.25) is 0 Å². The summed E-state index contributed by atoms with van der Waals surface area (Å²) < 4.78 is 5.43. The molecule has 0 unspecified atom stereocenters. The minimum Gasteiger partial charge on any atom is -0.497 e. The van der Waals surface area contributed by atoms with Crippen molar-refractivity contribution in [2.75, 3.05) is 7.11 Å². The number of ether oxygens (including phenoxy) is 1. The van der Waals surface area contributed by atoms with Crippen molar-refractivity contribution in [2.45, 2.75) is 70.3 Å². The Labute approximate surface area is 208 Å². The van der Waals surface area contributed by atoms with Gasteiger partial charge in [-0.25, -0.2) is 0 Å². The van der Waals surface area contributed by atoms with Crippen LogP contribution in [0.15, 0.2) is 59.2 Å². The number of aliphatic hydroxyl groups is 1. The number of hydrogen-bond donors (Lipinski definition) is 1. The summed E-state index contributed by atoms with van der Waals surface area (Å²) in [5.74, 6) is 8.53. The summed E-state index contributed by atoms with van der Waals surface area (Å²) in [6, 6.07) is 13.1. The Morgan fingerprint density at radius 1 is 1.06 bits per heavy atom. The minimum atomic E-state index is -0.941. The van der Waals surface area contributed by atoms with Crippen LogP contribution in [0.1, 0.15) is 70.3 Å². The number of hydrogen-bond acceptors (Lipinski definition) is 3. The van der Waals surface area contributed by atoms with Crippen molar-refractivity contribution in [3.63, 3.8) is 0 Å². The van der Waals surface area contributed by atoms with Crippen LogP contribution in [0.5, 0.6) is 5.75 Å². The van der Waals surface area contributed by atoms with Crippen molar-refractivity contribution in [3.8, 4) is 17.6 Å². The summed E-state index contributed by atoms with van der Waals surface area (Å²) in [5, 5.41) is 14.2. The van der Waals surface area contributed by atoms with Crippen LogP contribution in [0.4, 0.5) is 0 Å². The van der Waals surface area contributed by atoms with Crippen molar-refractivity contribution in [2.24, 2.45) is 17.3 Å². The van der Waals surface area contributed by atoms with Gasteiger partial charge in [0.2, 0.25) is 0 Å². The van der Waals surface area contributed by atoms with Crippen LogP contribution in [-0.4, -0.2) is 23.6 Å². The first-order chi connectivity index (χ1) is 16.9. The van der Waals surface area contributed by atoms with Crippen molar-refractivity contribution in [3.05, 3.63) is 64.8 Å². The van der Waals surface area contributed by atoms with E-state index in [4.69, 9.17) is 4.74 Å². The molecule has 0 spiro atoms. The largest absolute Gasteiger partial charge is 0.497 e. The fourth-order valence-electron chi connectivity index (χ4n) is 7.96. The third kappa shape index (κ3) is 3.34. The van der Waals surface area contributed by atoms with Gasteiger partial charge in [0, 0.05) is 17.8 Å². The number of benzene rings is 2. The van der Waals surface area contributed by atoms with E-state index in [-0.39, 0.29) is 17.1 Å². The summed E-state index contributed by atoms with van der Waals surface area (Å²) in [5.41, 5.74) is 4.39. The number of allylic oxidation sites excluding steroid dienone is 4. The molecule has 3 heteroatoms. The van der Waals surface area contributed by atoms with Crippen LogP contribution in [-0.2, 0) is 4.79 Å². The molecule has 0 radical (unpaired) electrons. The molecular weight excluding hydrogens is 432 g/mol. The predicted molar refractivity (Wildman–Crippen MR) is 139 cm³/mol. The molecule has 4 aliphatic carbocycles. The van der Waals surface area contributed by atoms with E-state index < -0.39 is 5.60 Å². The highest BCUT2D eigenvalue weighted by Crippen LogP contribution is 2.66. The molecule has 0 bridgehead atoms. The van der Waals surface area contributed by atoms with Gasteiger partial charge < -0.3 is 9.84 Å². The second-order valence-electron chi connectivity index (χ2n) is 11.2. The highest BCUT2D eigenvalue weighted by Gasteiger charge is 2.62. The fraction of sp³-hybridized carbons (Fsp3) is 0.469. The lowest BCUT2D eigenvalue weighted by Crippen LogP contribution is -2.51. The fourth-order valence-corrected chi connectivity index (χ4v) is 7.96. The molecular formula is C32H34O3. The van der Waals surface area contributed by atoms with Gasteiger partial charge in [0.15, 0.2) is 5.78 Å². The van der Waals surface area contributed by atoms with E-state index >= 15 is 0 Å². The van der Waals surface area contributed by atoms with Gasteiger partial charge in [-0.3, -0.25) is 4.79 Å². The Bertz CT molecular complexity index is 1350. The maximum absolute atomic E-state index is 12.3. The SMILES string of the molecule is CC#C[C@]1(O)CC[C@H]2[C@@H]3CCC4=CC(=O)CCC4=C3[C@@H](c3ccc4cc(OC)ccc4c3)C[C@@]21C. The average molecular weight is 467 g/mol. The Morgan fingerprint density at radius 2 is 1.86 bits per heavy atom. The zero-order valence-corrected chi connectivity index (χ0v) is 21.0. The molecule has 5 atom stereocenters. The van der Waals surface area contributed by atoms with Crippen LogP contribution >= 0.6 is 0 Å². The van der Waals surface area contributed by atoms with E-state index in [1.807, 2.05) is 19.1 Å². The number of carbonyl (C=O) groups excluding carboxylic acids is 1. The van der Waals surface area contributed by atoms with E-state index in [0.29, 0.717) is 18.3 Å². The number of ketones is 1. The van der Waals surface area contributed by atoms with Gasteiger partial charge >= 0.3 is 0 Å². The molecule has 180 valence electrons. The Kier molecular flexibility index (Phi) is 5.24. The van der Waals surface area contributed by atoms with Crippen LogP contribution in [0.3, 0.4) is 0 Å². The second-order valence-corrected chi connectivity index (χ2v) is 11.2. The average Bonchev–Trinajstić information content (AvgIpc) is 3.12. The standard InChI is InChI=1S/C32H34O3/c1-4-14-32(34)15-13-29-27-11-8-23-17-24(33)9-12-26(23)30(27)28(19-31(29,32)2)22-6-5-21-18-25(35-3)10-7-20(21)16-22/h5-7,10,16-18,27-29,34H,8-9,11-13,15,19H2,1-3H3/t27-,28+,29-,31-,32-/m0/s1. The van der Waals surface area contributed by atoms with Crippen LogP contribution in [0, 0.1) is 29.1 Å². The topological polar surface area (TPSA) is 46.5 Å². The molecule has 2 saturated carbocycles. The third-order valence-electron chi connectivity index (χ3n) is 9.69. The van der Waals surface area contributed by atoms with Crippen LogP contribution < -0.4 is 4.74 Å². The Balaban J connectivity index is 1.54. The van der Waals surface area contributed by atoms with Crippen LogP contribution in [0.25, 0.3) is 10.8 Å². The predicted octanol–water partition coefficient (Wildman–Crippen LogP) is 6.50. The van der Waals surface area contributed by atoms with Crippen molar-refractivity contribution in [1.29, 1.82) is 0 Å². The molecule has 0 amide bonds. The zero-order chi connectivity index (χ0) is 24.4. The molecule has 0 heterocycles. The number of fused-ring (bicyclic) bond motifs is 5. The lowest BCUT2D eigenvalue weighted by atomic mass is 9.51. The maximum atomic E-state index is 12.3. The molecule has 35 heavy (non-hydrogen) atoms. The van der Waals surface area contributed by atoms with Gasteiger partial charge in [-0.1, -0.05) is 42.7 Å². The highest BCUT2D eigenvalue weighted by atomic mass is 16.5. The first kappa shape index (κ1) is 22.6. The van der Waals surface area contributed by atoms with E-state index in [9.17, 15) is 9.90 Å². The lowest BCUT2D eigenvalue weighted by Gasteiger charge is -2.53. The molecule has 2 aromatic carbocycles. The van der Waals surface area contributed by atoms with Gasteiger partial charge in [-0.15, -0.1) is 5.92 Å². The number of carbonyl (C=O) groups is 1. The number of rotatable bonds is 2. The molecule has 0 aliphatic heterocycles. The monoisotopic (exact) mass is 466 g/mol. The number of methoxy groups -OCH3 is 1. The van der Waals surface area contributed by atoms with E-state index in [1.54, 1.807) is 12.7 Å². The molecule has 0 saturated heterocycles. The summed E-state index contributed by atoms with van der Waals surface area (Å²) >= 11 is 0. The molecule has 4 aliphatic rings. The normalized spacial score (nSPS) is 33.9. The Hall–Kier alpha value is -2.83. The summed E-state index contributed by atoms with van der Waals surface area (Å²) in [6.07, 6.45) is 8.10. The first-order valence-corrected chi connectivity index (χ1v) is 13.1. The summed E-state index contributed by atoms with van der Waals surface area (Å²) in [4.78, 5) is 12.3. The molecule has 1 N–H and O–H groups in total. The van der Waals surface area contributed by atoms with Gasteiger partial charge in [0.25, 0.3) is 0 Å². The van der Waals surface area contributed by atoms with Crippen molar-refractivity contribution in [1.82, 2.24) is 0 Å². The maximum Gasteiger partial charge on any atom is 0.156 e. The molecule has 3 nitrogen and oxygen atoms in total. The summed E-state index contributed by atoms with van der Waals surface area (Å²) in [7, 11) is 1.70. The molecule has 2 aromatic rings. The van der Waals surface area contributed by atoms with Gasteiger partial charge in [-0.2, -0.15) is 0 Å².